The molecular formula is C20H21AsN2O4. The molecule has 2 aromatic carbocycles. The van der Waals surface area contributed by atoms with E-state index in [0.29, 0.717) is 16.5 Å². The van der Waals surface area contributed by atoms with Crippen molar-refractivity contribution in [2.75, 3.05) is 5.73 Å². The molecule has 2 atom stereocenters. The molecule has 0 saturated heterocycles. The number of anilines is 1. The van der Waals surface area contributed by atoms with E-state index in [1.807, 2.05) is 36.2 Å². The molecule has 5 N–H and O–H groups in total. The molecule has 0 amide bonds. The second-order valence-corrected chi connectivity index (χ2v) is 11.0. The Kier molecular flexibility index (Phi) is 5.68. The summed E-state index contributed by atoms with van der Waals surface area (Å²) < 4.78 is -0.145. The fourth-order valence-electron chi connectivity index (χ4n) is 3.06. The van der Waals surface area contributed by atoms with Gasteiger partial charge in [-0.1, -0.05) is 0 Å². The molecule has 3 aromatic rings. The predicted molar refractivity (Wildman–Crippen MR) is 106 cm³/mol. The summed E-state index contributed by atoms with van der Waals surface area (Å²) in [6.07, 6.45) is 1.01. The van der Waals surface area contributed by atoms with Crippen molar-refractivity contribution in [3.63, 3.8) is 0 Å². The van der Waals surface area contributed by atoms with E-state index < -0.39 is 26.7 Å². The van der Waals surface area contributed by atoms with Gasteiger partial charge in [0.2, 0.25) is 0 Å². The van der Waals surface area contributed by atoms with Gasteiger partial charge in [0.1, 0.15) is 0 Å². The quantitative estimate of drug-likeness (QED) is 0.341. The Morgan fingerprint density at radius 2 is 1.93 bits per heavy atom. The van der Waals surface area contributed by atoms with E-state index in [1.54, 1.807) is 6.07 Å². The third kappa shape index (κ3) is 4.23. The maximum absolute atomic E-state index is 12.7. The molecule has 2 unspecified atom stereocenters. The Bertz CT molecular complexity index is 999. The Morgan fingerprint density at radius 1 is 1.19 bits per heavy atom. The predicted octanol–water partition coefficient (Wildman–Crippen LogP) is 2.37. The number of H-pyrrole nitrogens is 1. The first-order valence-corrected chi connectivity index (χ1v) is 12.6. The summed E-state index contributed by atoms with van der Waals surface area (Å²) in [6, 6.07) is 12.3. The molecule has 0 saturated carbocycles. The van der Waals surface area contributed by atoms with E-state index in [1.165, 1.54) is 12.1 Å². The number of carbonyl (C=O) groups is 2. The summed E-state index contributed by atoms with van der Waals surface area (Å²) in [5.74, 6) is -1.03. The van der Waals surface area contributed by atoms with Gasteiger partial charge in [-0.2, -0.15) is 0 Å². The molecule has 0 aliphatic heterocycles. The minimum absolute atomic E-state index is 0.145. The molecule has 0 radical (unpaired) electrons. The van der Waals surface area contributed by atoms with Gasteiger partial charge in [-0.25, -0.2) is 0 Å². The third-order valence-electron chi connectivity index (χ3n) is 4.55. The van der Waals surface area contributed by atoms with Crippen LogP contribution in [0.15, 0.2) is 48.7 Å². The van der Waals surface area contributed by atoms with E-state index in [2.05, 4.69) is 4.98 Å². The normalized spacial score (nSPS) is 13.4. The molecular weight excluding hydrogens is 407 g/mol. The number of aliphatic hydroxyl groups is 1. The standard InChI is InChI=1S/C20H21AsN2O4/c1-21(10-13-8-12(20(26)27)6-7-16(13)22)19(25)18(24)9-14-11-23-17-5-3-2-4-15(14)17/h2-8,11,18,23-24H,9-10,22H2,1H3,(H,26,27). The number of nitrogens with one attached hydrogen (secondary N) is 1. The Balaban J connectivity index is 1.71. The first-order chi connectivity index (χ1) is 12.9. The molecule has 6 nitrogen and oxygen atoms in total. The molecule has 1 aromatic heterocycles. The van der Waals surface area contributed by atoms with Gasteiger partial charge in [0, 0.05) is 0 Å². The van der Waals surface area contributed by atoms with Crippen LogP contribution in [0.2, 0.25) is 5.71 Å². The van der Waals surface area contributed by atoms with E-state index in [0.717, 1.165) is 16.5 Å². The molecule has 0 bridgehead atoms. The number of carbonyl (C=O) groups excluding carboxylic acids is 1. The maximum atomic E-state index is 12.7. The minimum atomic E-state index is -2.09. The number of hydrogen-bond acceptors (Lipinski definition) is 4. The first-order valence-electron chi connectivity index (χ1n) is 8.46. The van der Waals surface area contributed by atoms with E-state index in [9.17, 15) is 14.7 Å². The van der Waals surface area contributed by atoms with Crippen molar-refractivity contribution in [3.8, 4) is 0 Å². The summed E-state index contributed by atoms with van der Waals surface area (Å²) >= 11 is -2.09. The van der Waals surface area contributed by atoms with E-state index in [4.69, 9.17) is 10.8 Å². The van der Waals surface area contributed by atoms with Gasteiger partial charge >= 0.3 is 161 Å². The third-order valence-corrected chi connectivity index (χ3v) is 8.46. The van der Waals surface area contributed by atoms with Crippen molar-refractivity contribution in [1.29, 1.82) is 0 Å². The molecule has 0 fully saturated rings. The van der Waals surface area contributed by atoms with Crippen LogP contribution in [0.25, 0.3) is 10.9 Å². The molecule has 3 rings (SSSR count). The Morgan fingerprint density at radius 3 is 2.67 bits per heavy atom. The van der Waals surface area contributed by atoms with Gasteiger partial charge in [-0.15, -0.1) is 0 Å². The fourth-order valence-corrected chi connectivity index (χ4v) is 6.29. The van der Waals surface area contributed by atoms with Crippen LogP contribution in [0.1, 0.15) is 21.5 Å². The zero-order valence-corrected chi connectivity index (χ0v) is 16.7. The number of aromatic nitrogens is 1. The van der Waals surface area contributed by atoms with E-state index >= 15 is 0 Å². The first kappa shape index (κ1) is 19.2. The number of hydrogen-bond donors (Lipinski definition) is 4. The summed E-state index contributed by atoms with van der Waals surface area (Å²) in [5.41, 5.74) is 10.9. The van der Waals surface area contributed by atoms with Crippen molar-refractivity contribution in [1.82, 2.24) is 4.98 Å². The Labute approximate surface area is 161 Å². The molecule has 0 aliphatic rings. The number of nitrogens with two attached hydrogens (primary N) is 1. The van der Waals surface area contributed by atoms with Crippen LogP contribution < -0.4 is 5.73 Å². The van der Waals surface area contributed by atoms with Crippen LogP contribution in [0.4, 0.5) is 5.69 Å². The molecule has 7 heteroatoms. The number of aromatic amines is 1. The van der Waals surface area contributed by atoms with Gasteiger partial charge in [0.25, 0.3) is 0 Å². The molecule has 140 valence electrons. The van der Waals surface area contributed by atoms with Gasteiger partial charge in [-0.05, 0) is 0 Å². The number of benzene rings is 2. The van der Waals surface area contributed by atoms with Crippen LogP contribution in [0.3, 0.4) is 0 Å². The topological polar surface area (TPSA) is 116 Å². The summed E-state index contributed by atoms with van der Waals surface area (Å²) in [7, 11) is 0. The second-order valence-electron chi connectivity index (χ2n) is 6.49. The Hall–Kier alpha value is -2.56. The van der Waals surface area contributed by atoms with Crippen LogP contribution in [0, 0.1) is 0 Å². The SMILES string of the molecule is C[As](Cc1cc(C(=O)O)ccc1N)C(=O)C(O)Cc1c[nH]c2ccccc12. The molecule has 27 heavy (non-hydrogen) atoms. The zero-order chi connectivity index (χ0) is 19.6. The fraction of sp³-hybridized carbons (Fsp3) is 0.200. The van der Waals surface area contributed by atoms with Gasteiger partial charge in [-0.3, -0.25) is 0 Å². The summed E-state index contributed by atoms with van der Waals surface area (Å²) in [6.45, 7) is 0. The molecule has 0 spiro atoms. The number of aromatic carboxylic acids is 1. The van der Waals surface area contributed by atoms with Crippen LogP contribution in [-0.2, 0) is 16.4 Å². The summed E-state index contributed by atoms with van der Waals surface area (Å²) in [5, 5.41) is 21.0. The van der Waals surface area contributed by atoms with Gasteiger partial charge in [0.05, 0.1) is 0 Å². The molecule has 0 aliphatic carbocycles. The van der Waals surface area contributed by atoms with Crippen molar-refractivity contribution < 1.29 is 19.8 Å². The number of nitrogen functional groups attached to an aromatic ring is 1. The average molecular weight is 428 g/mol. The van der Waals surface area contributed by atoms with E-state index in [-0.39, 0.29) is 16.6 Å². The number of aliphatic hydroxyl groups excluding tert-OH is 1. The second kappa shape index (κ2) is 7.99. The van der Waals surface area contributed by atoms with Gasteiger partial charge in [0.15, 0.2) is 0 Å². The van der Waals surface area contributed by atoms with Crippen LogP contribution in [0.5, 0.6) is 0 Å². The number of fused-ring (bicyclic) bond motifs is 1. The number of para-hydroxylation sites is 1. The number of carboxylic acids is 1. The zero-order valence-electron chi connectivity index (χ0n) is 14.8. The number of rotatable bonds is 7. The van der Waals surface area contributed by atoms with Crippen LogP contribution >= 0.6 is 0 Å². The monoisotopic (exact) mass is 428 g/mol. The average Bonchev–Trinajstić information content (AvgIpc) is 3.05. The van der Waals surface area contributed by atoms with Crippen molar-refractivity contribution in [2.24, 2.45) is 0 Å². The van der Waals surface area contributed by atoms with Gasteiger partial charge < -0.3 is 0 Å². The van der Waals surface area contributed by atoms with Crippen molar-refractivity contribution in [2.45, 2.75) is 23.4 Å². The number of carboxylic acid groups (broad SMARTS) is 1. The summed E-state index contributed by atoms with van der Waals surface area (Å²) in [4.78, 5) is 27.0. The van der Waals surface area contributed by atoms with Crippen molar-refractivity contribution in [3.05, 3.63) is 65.4 Å². The molecule has 1 heterocycles. The van der Waals surface area contributed by atoms with Crippen molar-refractivity contribution >= 4 is 41.8 Å². The van der Waals surface area contributed by atoms with Crippen LogP contribution in [-0.4, -0.2) is 46.5 Å².